The Bertz CT molecular complexity index is 273. The van der Waals surface area contributed by atoms with Gasteiger partial charge in [0.05, 0.1) is 12.5 Å². The second-order valence-electron chi connectivity index (χ2n) is 2.66. The molecule has 0 fully saturated rings. The molecule has 0 saturated heterocycles. The summed E-state index contributed by atoms with van der Waals surface area (Å²) in [6.07, 6.45) is 0.754. The van der Waals surface area contributed by atoms with Crippen LogP contribution in [-0.2, 0) is 9.59 Å². The van der Waals surface area contributed by atoms with E-state index in [4.69, 9.17) is 10.8 Å². The summed E-state index contributed by atoms with van der Waals surface area (Å²) in [5.74, 6) is -1.49. The van der Waals surface area contributed by atoms with Gasteiger partial charge in [-0.1, -0.05) is 0 Å². The van der Waals surface area contributed by atoms with Crippen molar-refractivity contribution < 1.29 is 19.5 Å². The smallest absolute Gasteiger partial charge is 0.332 e. The summed E-state index contributed by atoms with van der Waals surface area (Å²) in [6.45, 7) is 1.24. The van der Waals surface area contributed by atoms with Crippen molar-refractivity contribution >= 4 is 24.1 Å². The van der Waals surface area contributed by atoms with E-state index < -0.39 is 23.9 Å². The lowest BCUT2D eigenvalue weighted by Gasteiger charge is -2.09. The number of hydrazone groups is 1. The number of carbonyl (C=O) groups is 3. The van der Waals surface area contributed by atoms with Crippen LogP contribution in [0.25, 0.3) is 0 Å². The molecule has 0 aliphatic carbocycles. The zero-order valence-corrected chi connectivity index (χ0v) is 8.06. The van der Waals surface area contributed by atoms with Crippen molar-refractivity contribution in [1.29, 1.82) is 0 Å². The lowest BCUT2D eigenvalue weighted by atomic mass is 10.2. The van der Waals surface area contributed by atoms with E-state index in [1.165, 1.54) is 6.92 Å². The van der Waals surface area contributed by atoms with Gasteiger partial charge in [-0.3, -0.25) is 9.59 Å². The van der Waals surface area contributed by atoms with Crippen molar-refractivity contribution in [1.82, 2.24) is 10.7 Å². The SMILES string of the molecule is CC(=O)N[C@H](/C=N/NC(N)=O)CC(=O)O. The Balaban J connectivity index is 4.22. The third kappa shape index (κ3) is 8.22. The minimum absolute atomic E-state index is 0.330. The number of hydrogen-bond donors (Lipinski definition) is 4. The number of nitrogens with zero attached hydrogens (tertiary/aromatic N) is 1. The standard InChI is InChI=1S/C7H12N4O4/c1-4(12)10-5(2-6(13)14)3-9-11-7(8)15/h3,5H,2H2,1H3,(H,10,12)(H,13,14)(H3,8,11,15)/b9-3+/t5-/m0/s1. The zero-order chi connectivity index (χ0) is 11.8. The first-order chi connectivity index (χ1) is 6.91. The van der Waals surface area contributed by atoms with Crippen LogP contribution in [0.5, 0.6) is 0 Å². The molecule has 15 heavy (non-hydrogen) atoms. The van der Waals surface area contributed by atoms with Crippen LogP contribution >= 0.6 is 0 Å². The largest absolute Gasteiger partial charge is 0.481 e. The molecule has 5 N–H and O–H groups in total. The van der Waals surface area contributed by atoms with Crippen LogP contribution < -0.4 is 16.5 Å². The first-order valence-electron chi connectivity index (χ1n) is 3.99. The van der Waals surface area contributed by atoms with Crippen molar-refractivity contribution in [3.05, 3.63) is 0 Å². The molecule has 3 amide bonds. The van der Waals surface area contributed by atoms with Crippen molar-refractivity contribution in [2.75, 3.05) is 0 Å². The molecule has 0 aliphatic heterocycles. The minimum atomic E-state index is -1.10. The van der Waals surface area contributed by atoms with Crippen LogP contribution in [0, 0.1) is 0 Å². The number of urea groups is 1. The number of carboxylic acids is 1. The van der Waals surface area contributed by atoms with Crippen molar-refractivity contribution in [2.24, 2.45) is 10.8 Å². The van der Waals surface area contributed by atoms with E-state index >= 15 is 0 Å². The number of amides is 3. The van der Waals surface area contributed by atoms with E-state index in [1.807, 2.05) is 5.43 Å². The summed E-state index contributed by atoms with van der Waals surface area (Å²) in [6, 6.07) is -1.66. The van der Waals surface area contributed by atoms with E-state index in [0.29, 0.717) is 0 Å². The summed E-state index contributed by atoms with van der Waals surface area (Å²) in [5.41, 5.74) is 6.60. The highest BCUT2D eigenvalue weighted by Crippen LogP contribution is 1.88. The third-order valence-corrected chi connectivity index (χ3v) is 1.21. The molecule has 0 aromatic carbocycles. The molecule has 1 atom stereocenters. The van der Waals surface area contributed by atoms with Crippen LogP contribution in [0.3, 0.4) is 0 Å². The van der Waals surface area contributed by atoms with Gasteiger partial charge in [-0.05, 0) is 0 Å². The fraction of sp³-hybridized carbons (Fsp3) is 0.429. The van der Waals surface area contributed by atoms with Gasteiger partial charge in [0.25, 0.3) is 0 Å². The molecule has 8 heteroatoms. The number of rotatable bonds is 5. The Morgan fingerprint density at radius 1 is 1.53 bits per heavy atom. The highest BCUT2D eigenvalue weighted by molar-refractivity contribution is 5.83. The van der Waals surface area contributed by atoms with Gasteiger partial charge in [0.15, 0.2) is 0 Å². The first kappa shape index (κ1) is 12.9. The van der Waals surface area contributed by atoms with Gasteiger partial charge in [-0.15, -0.1) is 0 Å². The lowest BCUT2D eigenvalue weighted by molar-refractivity contribution is -0.137. The first-order valence-corrected chi connectivity index (χ1v) is 3.99. The van der Waals surface area contributed by atoms with Crippen molar-refractivity contribution in [3.8, 4) is 0 Å². The molecule has 0 heterocycles. The number of aliphatic carboxylic acids is 1. The van der Waals surface area contributed by atoms with Gasteiger partial charge in [-0.25, -0.2) is 10.2 Å². The van der Waals surface area contributed by atoms with Crippen LogP contribution in [0.4, 0.5) is 4.79 Å². The number of carbonyl (C=O) groups excluding carboxylic acids is 2. The lowest BCUT2D eigenvalue weighted by Crippen LogP contribution is -2.37. The van der Waals surface area contributed by atoms with E-state index in [0.717, 1.165) is 6.21 Å². The number of hydrogen-bond acceptors (Lipinski definition) is 4. The number of carboxylic acid groups (broad SMARTS) is 1. The van der Waals surface area contributed by atoms with Crippen LogP contribution in [0.1, 0.15) is 13.3 Å². The molecular formula is C7H12N4O4. The summed E-state index contributed by atoms with van der Waals surface area (Å²) in [5, 5.41) is 14.2. The zero-order valence-electron chi connectivity index (χ0n) is 8.06. The molecule has 0 radical (unpaired) electrons. The molecule has 0 aromatic heterocycles. The van der Waals surface area contributed by atoms with Crippen LogP contribution in [-0.4, -0.2) is 35.3 Å². The Labute approximate surface area is 85.5 Å². The van der Waals surface area contributed by atoms with Crippen molar-refractivity contribution in [3.63, 3.8) is 0 Å². The van der Waals surface area contributed by atoms with Gasteiger partial charge < -0.3 is 16.2 Å². The molecule has 8 nitrogen and oxygen atoms in total. The van der Waals surface area contributed by atoms with E-state index in [2.05, 4.69) is 10.4 Å². The Hall–Kier alpha value is -2.12. The Kier molecular flexibility index (Phi) is 5.45. The maximum absolute atomic E-state index is 10.7. The normalized spacial score (nSPS) is 12.1. The highest BCUT2D eigenvalue weighted by atomic mass is 16.4. The fourth-order valence-corrected chi connectivity index (χ4v) is 0.781. The monoisotopic (exact) mass is 216 g/mol. The van der Waals surface area contributed by atoms with Gasteiger partial charge in [0.2, 0.25) is 5.91 Å². The summed E-state index contributed by atoms with van der Waals surface area (Å²) in [4.78, 5) is 31.2. The maximum Gasteiger partial charge on any atom is 0.332 e. The molecule has 0 rings (SSSR count). The predicted octanol–water partition coefficient (Wildman–Crippen LogP) is -1.38. The van der Waals surface area contributed by atoms with Crippen LogP contribution in [0.2, 0.25) is 0 Å². The van der Waals surface area contributed by atoms with Gasteiger partial charge in [-0.2, -0.15) is 5.10 Å². The topological polar surface area (TPSA) is 134 Å². The molecule has 0 aliphatic rings. The Morgan fingerprint density at radius 3 is 2.53 bits per heavy atom. The van der Waals surface area contributed by atoms with Gasteiger partial charge in [0.1, 0.15) is 0 Å². The molecule has 84 valence electrons. The van der Waals surface area contributed by atoms with Crippen LogP contribution in [0.15, 0.2) is 5.10 Å². The second-order valence-corrected chi connectivity index (χ2v) is 2.66. The minimum Gasteiger partial charge on any atom is -0.481 e. The Morgan fingerprint density at radius 2 is 2.13 bits per heavy atom. The average Bonchev–Trinajstić information content (AvgIpc) is 2.00. The van der Waals surface area contributed by atoms with Gasteiger partial charge in [0, 0.05) is 13.1 Å². The molecule has 0 spiro atoms. The maximum atomic E-state index is 10.7. The summed E-state index contributed by atoms with van der Waals surface area (Å²) >= 11 is 0. The number of nitrogens with one attached hydrogen (secondary N) is 2. The third-order valence-electron chi connectivity index (χ3n) is 1.21. The highest BCUT2D eigenvalue weighted by Gasteiger charge is 2.11. The summed E-state index contributed by atoms with van der Waals surface area (Å²) < 4.78 is 0. The van der Waals surface area contributed by atoms with E-state index in [-0.39, 0.29) is 6.42 Å². The molecule has 0 saturated carbocycles. The fourth-order valence-electron chi connectivity index (χ4n) is 0.781. The number of primary amides is 1. The second kappa shape index (κ2) is 6.35. The molecule has 0 aromatic rings. The molecular weight excluding hydrogens is 204 g/mol. The average molecular weight is 216 g/mol. The van der Waals surface area contributed by atoms with Gasteiger partial charge >= 0.3 is 12.0 Å². The quantitative estimate of drug-likeness (QED) is 0.333. The summed E-state index contributed by atoms with van der Waals surface area (Å²) in [7, 11) is 0. The number of nitrogens with two attached hydrogens (primary N) is 1. The molecule has 0 bridgehead atoms. The van der Waals surface area contributed by atoms with Crippen molar-refractivity contribution in [2.45, 2.75) is 19.4 Å². The molecule has 0 unspecified atom stereocenters. The van der Waals surface area contributed by atoms with E-state index in [9.17, 15) is 14.4 Å². The van der Waals surface area contributed by atoms with E-state index in [1.54, 1.807) is 0 Å². The predicted molar refractivity (Wildman–Crippen MR) is 51.1 cm³/mol.